The van der Waals surface area contributed by atoms with Gasteiger partial charge in [0.25, 0.3) is 5.91 Å². The van der Waals surface area contributed by atoms with Crippen LogP contribution in [0.5, 0.6) is 0 Å². The molecule has 0 aromatic carbocycles. The minimum atomic E-state index is -1.04. The van der Waals surface area contributed by atoms with Gasteiger partial charge in [0, 0.05) is 11.7 Å². The summed E-state index contributed by atoms with van der Waals surface area (Å²) < 4.78 is 0. The molecule has 106 valence electrons. The molecule has 19 heavy (non-hydrogen) atoms. The van der Waals surface area contributed by atoms with E-state index in [0.717, 1.165) is 19.3 Å². The second-order valence-electron chi connectivity index (χ2n) is 4.95. The molecule has 1 atom stereocenters. The van der Waals surface area contributed by atoms with Crippen LogP contribution in [0.25, 0.3) is 0 Å². The first-order chi connectivity index (χ1) is 8.88. The number of aryl methyl sites for hydroxylation is 1. The van der Waals surface area contributed by atoms with Crippen molar-refractivity contribution in [1.29, 1.82) is 0 Å². The Bertz CT molecular complexity index is 477. The third-order valence-electron chi connectivity index (χ3n) is 3.25. The average molecular weight is 266 g/mol. The third kappa shape index (κ3) is 3.59. The molecule has 0 radical (unpaired) electrons. The topological polar surface area (TPSA) is 82.2 Å². The summed E-state index contributed by atoms with van der Waals surface area (Å²) in [6.45, 7) is 7.43. The summed E-state index contributed by atoms with van der Waals surface area (Å²) in [7, 11) is 0. The number of amides is 1. The highest BCUT2D eigenvalue weighted by Gasteiger charge is 2.22. The van der Waals surface area contributed by atoms with Crippen LogP contribution in [0.3, 0.4) is 0 Å². The molecule has 0 saturated carbocycles. The van der Waals surface area contributed by atoms with Crippen LogP contribution in [-0.4, -0.2) is 28.0 Å². The van der Waals surface area contributed by atoms with Gasteiger partial charge in [0.2, 0.25) is 0 Å². The minimum Gasteiger partial charge on any atom is -0.477 e. The van der Waals surface area contributed by atoms with Gasteiger partial charge in [0.1, 0.15) is 5.69 Å². The number of rotatable bonds is 6. The molecule has 1 aromatic rings. The molecule has 1 heterocycles. The highest BCUT2D eigenvalue weighted by molar-refractivity contribution is 6.00. The molecule has 0 aliphatic carbocycles. The lowest BCUT2D eigenvalue weighted by atomic mass is 10.1. The lowest BCUT2D eigenvalue weighted by Gasteiger charge is -2.13. The number of unbranched alkanes of at least 4 members (excludes halogenated alkanes) is 1. The molecular formula is C14H22N2O3. The van der Waals surface area contributed by atoms with Crippen molar-refractivity contribution in [1.82, 2.24) is 10.3 Å². The Hall–Kier alpha value is -1.78. The summed E-state index contributed by atoms with van der Waals surface area (Å²) in [6, 6.07) is 0.0921. The van der Waals surface area contributed by atoms with Crippen LogP contribution in [-0.2, 0) is 0 Å². The maximum absolute atomic E-state index is 12.2. The van der Waals surface area contributed by atoms with E-state index in [1.807, 2.05) is 6.92 Å². The third-order valence-corrected chi connectivity index (χ3v) is 3.25. The fourth-order valence-electron chi connectivity index (χ4n) is 2.18. The van der Waals surface area contributed by atoms with Gasteiger partial charge >= 0.3 is 5.97 Å². The molecule has 0 aliphatic rings. The monoisotopic (exact) mass is 266 g/mol. The van der Waals surface area contributed by atoms with E-state index in [1.165, 1.54) is 0 Å². The first kappa shape index (κ1) is 15.3. The molecule has 1 rings (SSSR count). The van der Waals surface area contributed by atoms with Gasteiger partial charge in [0.15, 0.2) is 0 Å². The Morgan fingerprint density at radius 1 is 1.37 bits per heavy atom. The fourth-order valence-corrected chi connectivity index (χ4v) is 2.18. The zero-order chi connectivity index (χ0) is 14.6. The lowest BCUT2D eigenvalue weighted by molar-refractivity contribution is 0.0690. The standard InChI is InChI=1S/C14H22N2O3/c1-5-6-7-8(2)15-13(17)11-9(3)12(14(18)19)16-10(11)4/h8,16H,5-7H2,1-4H3,(H,15,17)(H,18,19). The van der Waals surface area contributed by atoms with Gasteiger partial charge in [-0.3, -0.25) is 4.79 Å². The molecule has 3 N–H and O–H groups in total. The summed E-state index contributed by atoms with van der Waals surface area (Å²) >= 11 is 0. The molecule has 1 unspecified atom stereocenters. The van der Waals surface area contributed by atoms with Crippen LogP contribution in [0, 0.1) is 13.8 Å². The molecule has 0 saturated heterocycles. The summed E-state index contributed by atoms with van der Waals surface area (Å²) in [5, 5.41) is 11.9. The van der Waals surface area contributed by atoms with Crippen LogP contribution < -0.4 is 5.32 Å². The van der Waals surface area contributed by atoms with Gasteiger partial charge in [0.05, 0.1) is 5.56 Å². The van der Waals surface area contributed by atoms with E-state index >= 15 is 0 Å². The van der Waals surface area contributed by atoms with Crippen molar-refractivity contribution in [3.05, 3.63) is 22.5 Å². The van der Waals surface area contributed by atoms with Crippen molar-refractivity contribution < 1.29 is 14.7 Å². The van der Waals surface area contributed by atoms with Crippen LogP contribution in [0.2, 0.25) is 0 Å². The van der Waals surface area contributed by atoms with Crippen molar-refractivity contribution in [2.45, 2.75) is 53.0 Å². The van der Waals surface area contributed by atoms with E-state index in [4.69, 9.17) is 5.11 Å². The largest absolute Gasteiger partial charge is 0.477 e. The van der Waals surface area contributed by atoms with E-state index in [0.29, 0.717) is 16.8 Å². The molecular weight excluding hydrogens is 244 g/mol. The summed E-state index contributed by atoms with van der Waals surface area (Å²) in [4.78, 5) is 25.9. The first-order valence-corrected chi connectivity index (χ1v) is 6.61. The Morgan fingerprint density at radius 2 is 2.00 bits per heavy atom. The molecule has 0 bridgehead atoms. The Balaban J connectivity index is 2.85. The number of aromatic carboxylic acids is 1. The van der Waals surface area contributed by atoms with Crippen LogP contribution in [0.1, 0.15) is 65.2 Å². The van der Waals surface area contributed by atoms with E-state index < -0.39 is 5.97 Å². The van der Waals surface area contributed by atoms with Gasteiger partial charge in [-0.15, -0.1) is 0 Å². The Morgan fingerprint density at radius 3 is 2.47 bits per heavy atom. The summed E-state index contributed by atoms with van der Waals surface area (Å²) in [5.74, 6) is -1.25. The molecule has 0 spiro atoms. The highest BCUT2D eigenvalue weighted by Crippen LogP contribution is 2.18. The number of carboxylic acids is 1. The van der Waals surface area contributed by atoms with Gasteiger partial charge < -0.3 is 15.4 Å². The Kier molecular flexibility index (Phi) is 5.15. The summed E-state index contributed by atoms with van der Waals surface area (Å²) in [5.41, 5.74) is 1.62. The zero-order valence-corrected chi connectivity index (χ0v) is 12.0. The number of aromatic amines is 1. The van der Waals surface area contributed by atoms with Gasteiger partial charge in [-0.1, -0.05) is 19.8 Å². The number of hydrogen-bond acceptors (Lipinski definition) is 2. The quantitative estimate of drug-likeness (QED) is 0.740. The van der Waals surface area contributed by atoms with Crippen molar-refractivity contribution in [2.75, 3.05) is 0 Å². The average Bonchev–Trinajstić information content (AvgIpc) is 2.62. The predicted octanol–water partition coefficient (Wildman–Crippen LogP) is 2.64. The highest BCUT2D eigenvalue weighted by atomic mass is 16.4. The SMILES string of the molecule is CCCCC(C)NC(=O)c1c(C)[nH]c(C(=O)O)c1C. The lowest BCUT2D eigenvalue weighted by Crippen LogP contribution is -2.33. The van der Waals surface area contributed by atoms with Crippen LogP contribution >= 0.6 is 0 Å². The maximum Gasteiger partial charge on any atom is 0.352 e. The normalized spacial score (nSPS) is 12.2. The van der Waals surface area contributed by atoms with Crippen molar-refractivity contribution >= 4 is 11.9 Å². The number of carbonyl (C=O) groups is 2. The molecule has 5 heteroatoms. The van der Waals surface area contributed by atoms with Crippen molar-refractivity contribution in [3.63, 3.8) is 0 Å². The fraction of sp³-hybridized carbons (Fsp3) is 0.571. The minimum absolute atomic E-state index is 0.0869. The number of hydrogen-bond donors (Lipinski definition) is 3. The number of carbonyl (C=O) groups excluding carboxylic acids is 1. The Labute approximate surface area is 113 Å². The second kappa shape index (κ2) is 6.41. The maximum atomic E-state index is 12.2. The summed E-state index contributed by atoms with van der Waals surface area (Å²) in [6.07, 6.45) is 3.08. The van der Waals surface area contributed by atoms with Crippen LogP contribution in [0.15, 0.2) is 0 Å². The molecule has 1 aromatic heterocycles. The van der Waals surface area contributed by atoms with Crippen LogP contribution in [0.4, 0.5) is 0 Å². The van der Waals surface area contributed by atoms with Crippen molar-refractivity contribution in [2.24, 2.45) is 0 Å². The number of aromatic nitrogens is 1. The van der Waals surface area contributed by atoms with E-state index in [1.54, 1.807) is 13.8 Å². The molecule has 0 aliphatic heterocycles. The molecule has 5 nitrogen and oxygen atoms in total. The predicted molar refractivity (Wildman–Crippen MR) is 73.7 cm³/mol. The number of nitrogens with one attached hydrogen (secondary N) is 2. The van der Waals surface area contributed by atoms with E-state index in [-0.39, 0.29) is 17.6 Å². The molecule has 1 amide bonds. The first-order valence-electron chi connectivity index (χ1n) is 6.61. The zero-order valence-electron chi connectivity index (χ0n) is 12.0. The van der Waals surface area contributed by atoms with Gasteiger partial charge in [-0.05, 0) is 32.8 Å². The molecule has 0 fully saturated rings. The van der Waals surface area contributed by atoms with E-state index in [9.17, 15) is 9.59 Å². The number of H-pyrrole nitrogens is 1. The van der Waals surface area contributed by atoms with Gasteiger partial charge in [-0.25, -0.2) is 4.79 Å². The van der Waals surface area contributed by atoms with Gasteiger partial charge in [-0.2, -0.15) is 0 Å². The second-order valence-corrected chi connectivity index (χ2v) is 4.95. The number of carboxylic acid groups (broad SMARTS) is 1. The van der Waals surface area contributed by atoms with Crippen molar-refractivity contribution in [3.8, 4) is 0 Å². The van der Waals surface area contributed by atoms with E-state index in [2.05, 4.69) is 17.2 Å². The smallest absolute Gasteiger partial charge is 0.352 e.